The van der Waals surface area contributed by atoms with Crippen molar-refractivity contribution in [3.8, 4) is 0 Å². The Labute approximate surface area is 83.0 Å². The Balaban J connectivity index is 4.63. The number of allylic oxidation sites excluding steroid dienone is 5. The molecule has 0 aliphatic carbocycles. The maximum absolute atomic E-state index is 4.11. The lowest BCUT2D eigenvalue weighted by atomic mass is 9.83. The maximum atomic E-state index is 4.11. The van der Waals surface area contributed by atoms with Crippen LogP contribution >= 0.6 is 0 Å². The zero-order valence-corrected chi connectivity index (χ0v) is 9.86. The van der Waals surface area contributed by atoms with Gasteiger partial charge in [0.25, 0.3) is 0 Å². The lowest BCUT2D eigenvalue weighted by molar-refractivity contribution is 0.512. The molecule has 0 heteroatoms. The quantitative estimate of drug-likeness (QED) is 0.546. The average Bonchev–Trinajstić information content (AvgIpc) is 1.96. The zero-order chi connectivity index (χ0) is 10.6. The standard InChI is InChI=1S/C13H22/c1-10(2)8-9-11(3)12(4)13(5,6)7/h8-9H,4H2,1-3,5-7H3/b11-9-. The third-order valence-corrected chi connectivity index (χ3v) is 2.05. The predicted octanol–water partition coefficient (Wildman–Crippen LogP) is 4.50. The molecule has 74 valence electrons. The summed E-state index contributed by atoms with van der Waals surface area (Å²) in [5.74, 6) is 0. The number of rotatable bonds is 2. The van der Waals surface area contributed by atoms with E-state index in [2.05, 4.69) is 60.3 Å². The molecule has 0 N–H and O–H groups in total. The number of hydrogen-bond acceptors (Lipinski definition) is 0. The molecule has 0 amide bonds. The number of hydrogen-bond donors (Lipinski definition) is 0. The van der Waals surface area contributed by atoms with Gasteiger partial charge < -0.3 is 0 Å². The van der Waals surface area contributed by atoms with E-state index >= 15 is 0 Å². The van der Waals surface area contributed by atoms with E-state index in [1.54, 1.807) is 0 Å². The summed E-state index contributed by atoms with van der Waals surface area (Å²) in [6.45, 7) is 17.0. The second-order valence-electron chi connectivity index (χ2n) is 4.82. The molecule has 0 aromatic carbocycles. The highest BCUT2D eigenvalue weighted by molar-refractivity contribution is 5.34. The van der Waals surface area contributed by atoms with Crippen LogP contribution in [0.2, 0.25) is 0 Å². The summed E-state index contributed by atoms with van der Waals surface area (Å²) < 4.78 is 0. The van der Waals surface area contributed by atoms with Gasteiger partial charge in [-0.05, 0) is 37.3 Å². The monoisotopic (exact) mass is 178 g/mol. The summed E-state index contributed by atoms with van der Waals surface area (Å²) in [4.78, 5) is 0. The first-order chi connectivity index (χ1) is 5.75. The molecule has 0 spiro atoms. The van der Waals surface area contributed by atoms with Gasteiger partial charge in [-0.1, -0.05) is 45.1 Å². The SMILES string of the molecule is C=C(/C(C)=C\C=C(C)C)C(C)(C)C. The van der Waals surface area contributed by atoms with Crippen LogP contribution in [0.5, 0.6) is 0 Å². The second-order valence-corrected chi connectivity index (χ2v) is 4.82. The molecule has 13 heavy (non-hydrogen) atoms. The summed E-state index contributed by atoms with van der Waals surface area (Å²) >= 11 is 0. The molecule has 0 fully saturated rings. The molecule has 0 aromatic heterocycles. The van der Waals surface area contributed by atoms with Crippen molar-refractivity contribution >= 4 is 0 Å². The van der Waals surface area contributed by atoms with Crippen molar-refractivity contribution in [2.24, 2.45) is 5.41 Å². The minimum atomic E-state index is 0.177. The highest BCUT2D eigenvalue weighted by Crippen LogP contribution is 2.29. The van der Waals surface area contributed by atoms with Gasteiger partial charge in [-0.25, -0.2) is 0 Å². The third-order valence-electron chi connectivity index (χ3n) is 2.05. The molecular weight excluding hydrogens is 156 g/mol. The summed E-state index contributed by atoms with van der Waals surface area (Å²) in [6.07, 6.45) is 4.27. The highest BCUT2D eigenvalue weighted by atomic mass is 14.2. The lowest BCUT2D eigenvalue weighted by Gasteiger charge is -2.22. The van der Waals surface area contributed by atoms with Crippen LogP contribution in [0.15, 0.2) is 35.5 Å². The molecule has 0 atom stereocenters. The normalized spacial score (nSPS) is 12.6. The van der Waals surface area contributed by atoms with Crippen molar-refractivity contribution in [2.75, 3.05) is 0 Å². The molecule has 0 unspecified atom stereocenters. The van der Waals surface area contributed by atoms with Gasteiger partial charge in [0.2, 0.25) is 0 Å². The topological polar surface area (TPSA) is 0 Å². The molecular formula is C13H22. The first-order valence-electron chi connectivity index (χ1n) is 4.76. The van der Waals surface area contributed by atoms with E-state index in [1.165, 1.54) is 16.7 Å². The van der Waals surface area contributed by atoms with Crippen molar-refractivity contribution < 1.29 is 0 Å². The summed E-state index contributed by atoms with van der Waals surface area (Å²) in [5, 5.41) is 0. The van der Waals surface area contributed by atoms with E-state index in [0.29, 0.717) is 0 Å². The second kappa shape index (κ2) is 4.45. The molecule has 0 nitrogen and oxygen atoms in total. The van der Waals surface area contributed by atoms with Gasteiger partial charge in [-0.2, -0.15) is 0 Å². The van der Waals surface area contributed by atoms with Gasteiger partial charge in [-0.3, -0.25) is 0 Å². The summed E-state index contributed by atoms with van der Waals surface area (Å²) in [6, 6.07) is 0. The van der Waals surface area contributed by atoms with Crippen molar-refractivity contribution in [3.63, 3.8) is 0 Å². The fraction of sp³-hybridized carbons (Fsp3) is 0.538. The van der Waals surface area contributed by atoms with Crippen LogP contribution in [-0.2, 0) is 0 Å². The van der Waals surface area contributed by atoms with Crippen LogP contribution in [0.25, 0.3) is 0 Å². The fourth-order valence-corrected chi connectivity index (χ4v) is 0.984. The van der Waals surface area contributed by atoms with Crippen LogP contribution < -0.4 is 0 Å². The molecule has 0 heterocycles. The highest BCUT2D eigenvalue weighted by Gasteiger charge is 2.15. The van der Waals surface area contributed by atoms with Crippen LogP contribution in [0.4, 0.5) is 0 Å². The minimum Gasteiger partial charge on any atom is -0.0950 e. The minimum absolute atomic E-state index is 0.177. The summed E-state index contributed by atoms with van der Waals surface area (Å²) in [5.41, 5.74) is 3.98. The molecule has 0 radical (unpaired) electrons. The maximum Gasteiger partial charge on any atom is -0.0135 e. The first-order valence-corrected chi connectivity index (χ1v) is 4.76. The van der Waals surface area contributed by atoms with E-state index in [-0.39, 0.29) is 5.41 Å². The summed E-state index contributed by atoms with van der Waals surface area (Å²) in [7, 11) is 0. The van der Waals surface area contributed by atoms with E-state index < -0.39 is 0 Å². The van der Waals surface area contributed by atoms with E-state index in [1.807, 2.05) is 0 Å². The Morgan fingerprint density at radius 1 is 1.00 bits per heavy atom. The molecule has 0 aliphatic rings. The molecule has 0 saturated heterocycles. The lowest BCUT2D eigenvalue weighted by Crippen LogP contribution is -2.08. The van der Waals surface area contributed by atoms with Crippen molar-refractivity contribution in [2.45, 2.75) is 41.5 Å². The first kappa shape index (κ1) is 12.2. The zero-order valence-electron chi connectivity index (χ0n) is 9.86. The van der Waals surface area contributed by atoms with Gasteiger partial charge in [0, 0.05) is 0 Å². The van der Waals surface area contributed by atoms with Crippen LogP contribution in [-0.4, -0.2) is 0 Å². The van der Waals surface area contributed by atoms with Gasteiger partial charge in [0.1, 0.15) is 0 Å². The Kier molecular flexibility index (Phi) is 4.19. The Bertz CT molecular complexity index is 240. The van der Waals surface area contributed by atoms with Crippen molar-refractivity contribution in [1.82, 2.24) is 0 Å². The Morgan fingerprint density at radius 2 is 1.46 bits per heavy atom. The average molecular weight is 178 g/mol. The van der Waals surface area contributed by atoms with E-state index in [4.69, 9.17) is 0 Å². The smallest absolute Gasteiger partial charge is 0.0135 e. The largest absolute Gasteiger partial charge is 0.0950 e. The molecule has 0 saturated carbocycles. The van der Waals surface area contributed by atoms with Gasteiger partial charge in [0.05, 0.1) is 0 Å². The Morgan fingerprint density at radius 3 is 1.77 bits per heavy atom. The Hall–Kier alpha value is -0.780. The van der Waals surface area contributed by atoms with Gasteiger partial charge in [-0.15, -0.1) is 0 Å². The molecule has 0 bridgehead atoms. The van der Waals surface area contributed by atoms with Crippen molar-refractivity contribution in [1.29, 1.82) is 0 Å². The molecule has 0 aliphatic heterocycles. The van der Waals surface area contributed by atoms with E-state index in [9.17, 15) is 0 Å². The molecule has 0 rings (SSSR count). The van der Waals surface area contributed by atoms with Crippen LogP contribution in [0.3, 0.4) is 0 Å². The van der Waals surface area contributed by atoms with Gasteiger partial charge >= 0.3 is 0 Å². The van der Waals surface area contributed by atoms with Crippen molar-refractivity contribution in [3.05, 3.63) is 35.5 Å². The predicted molar refractivity (Wildman–Crippen MR) is 61.8 cm³/mol. The third kappa shape index (κ3) is 4.72. The van der Waals surface area contributed by atoms with Crippen LogP contribution in [0.1, 0.15) is 41.5 Å². The van der Waals surface area contributed by atoms with Crippen LogP contribution in [0, 0.1) is 5.41 Å². The van der Waals surface area contributed by atoms with Gasteiger partial charge in [0.15, 0.2) is 0 Å². The van der Waals surface area contributed by atoms with E-state index in [0.717, 1.165) is 0 Å². The fourth-order valence-electron chi connectivity index (χ4n) is 0.984. The molecule has 0 aromatic rings.